The summed E-state index contributed by atoms with van der Waals surface area (Å²) in [7, 11) is 0. The van der Waals surface area contributed by atoms with E-state index in [4.69, 9.17) is 4.74 Å². The third kappa shape index (κ3) is 3.94. The Morgan fingerprint density at radius 1 is 1.33 bits per heavy atom. The van der Waals surface area contributed by atoms with Gasteiger partial charge < -0.3 is 9.15 Å². The Morgan fingerprint density at radius 3 is 2.33 bits per heavy atom. The highest BCUT2D eigenvalue weighted by Gasteiger charge is 2.40. The molecule has 0 aliphatic rings. The Bertz CT molecular complexity index is 446. The number of alkyl halides is 3. The second-order valence-corrected chi connectivity index (χ2v) is 4.54. The zero-order valence-corrected chi connectivity index (χ0v) is 10.3. The van der Waals surface area contributed by atoms with Gasteiger partial charge >= 0.3 is 12.3 Å². The van der Waals surface area contributed by atoms with Crippen molar-refractivity contribution in [2.75, 3.05) is 5.32 Å². The van der Waals surface area contributed by atoms with Crippen LogP contribution in [0.1, 0.15) is 32.4 Å². The highest BCUT2D eigenvalue weighted by atomic mass is 19.4. The quantitative estimate of drug-likeness (QED) is 0.846. The van der Waals surface area contributed by atoms with Gasteiger partial charge in [0.2, 0.25) is 0 Å². The largest absolute Gasteiger partial charge is 0.453 e. The zero-order valence-electron chi connectivity index (χ0n) is 10.3. The van der Waals surface area contributed by atoms with E-state index < -0.39 is 29.4 Å². The molecule has 0 bridgehead atoms. The third-order valence-electron chi connectivity index (χ3n) is 1.61. The van der Waals surface area contributed by atoms with Crippen LogP contribution >= 0.6 is 0 Å². The molecule has 18 heavy (non-hydrogen) atoms. The number of aryl methyl sites for hydroxylation is 1. The number of oxazole rings is 1. The maximum absolute atomic E-state index is 12.5. The molecule has 1 heterocycles. The van der Waals surface area contributed by atoms with Gasteiger partial charge in [-0.05, 0) is 20.8 Å². The van der Waals surface area contributed by atoms with E-state index in [1.807, 2.05) is 5.32 Å². The Morgan fingerprint density at radius 2 is 1.89 bits per heavy atom. The maximum atomic E-state index is 12.5. The number of amides is 1. The molecule has 0 saturated carbocycles. The van der Waals surface area contributed by atoms with E-state index in [0.29, 0.717) is 0 Å². The molecule has 0 aliphatic heterocycles. The molecule has 5 nitrogen and oxygen atoms in total. The number of hydrogen-bond donors (Lipinski definition) is 1. The highest BCUT2D eigenvalue weighted by Crippen LogP contribution is 2.35. The maximum Gasteiger partial charge on any atom is 0.453 e. The minimum atomic E-state index is -4.73. The van der Waals surface area contributed by atoms with Crippen LogP contribution in [0.2, 0.25) is 0 Å². The van der Waals surface area contributed by atoms with Crippen LogP contribution in [-0.2, 0) is 10.9 Å². The van der Waals surface area contributed by atoms with E-state index in [0.717, 1.165) is 0 Å². The number of ether oxygens (including phenoxy) is 1. The summed E-state index contributed by atoms with van der Waals surface area (Å²) in [5.74, 6) is -2.26. The molecule has 0 aromatic carbocycles. The number of halogens is 3. The summed E-state index contributed by atoms with van der Waals surface area (Å²) in [6, 6.07) is 0. The van der Waals surface area contributed by atoms with Gasteiger partial charge in [-0.2, -0.15) is 18.2 Å². The summed E-state index contributed by atoms with van der Waals surface area (Å²) >= 11 is 0. The van der Waals surface area contributed by atoms with Gasteiger partial charge in [-0.1, -0.05) is 0 Å². The summed E-state index contributed by atoms with van der Waals surface area (Å²) in [6.45, 7) is 6.01. The molecule has 0 unspecified atom stereocenters. The van der Waals surface area contributed by atoms with E-state index in [1.165, 1.54) is 6.92 Å². The van der Waals surface area contributed by atoms with Gasteiger partial charge in [-0.3, -0.25) is 5.32 Å². The van der Waals surface area contributed by atoms with Crippen LogP contribution in [0.3, 0.4) is 0 Å². The number of carbonyl (C=O) groups is 1. The lowest BCUT2D eigenvalue weighted by molar-refractivity contribution is -0.152. The number of carbonyl (C=O) groups excluding carboxylic acids is 1. The Balaban J connectivity index is 2.89. The molecule has 8 heteroatoms. The van der Waals surface area contributed by atoms with Crippen LogP contribution in [-0.4, -0.2) is 16.7 Å². The van der Waals surface area contributed by atoms with E-state index in [1.54, 1.807) is 20.8 Å². The third-order valence-corrected chi connectivity index (χ3v) is 1.61. The smallest absolute Gasteiger partial charge is 0.444 e. The number of aromatic nitrogens is 1. The summed E-state index contributed by atoms with van der Waals surface area (Å²) in [4.78, 5) is 14.8. The molecule has 0 atom stereocenters. The van der Waals surface area contributed by atoms with Crippen molar-refractivity contribution in [2.24, 2.45) is 0 Å². The molecule has 0 spiro atoms. The molecule has 102 valence electrons. The second-order valence-electron chi connectivity index (χ2n) is 4.54. The summed E-state index contributed by atoms with van der Waals surface area (Å²) < 4.78 is 46.8. The van der Waals surface area contributed by atoms with Gasteiger partial charge in [-0.15, -0.1) is 0 Å². The van der Waals surface area contributed by atoms with Crippen molar-refractivity contribution in [3.63, 3.8) is 0 Å². The molecule has 0 saturated heterocycles. The Kier molecular flexibility index (Phi) is 3.59. The van der Waals surface area contributed by atoms with Crippen molar-refractivity contribution in [2.45, 2.75) is 39.5 Å². The van der Waals surface area contributed by atoms with Crippen molar-refractivity contribution in [3.05, 3.63) is 11.7 Å². The SMILES string of the molecule is Cc1nc(NC(=O)OC(C)(C)C)c(C(F)(F)F)o1. The molecule has 1 aromatic heterocycles. The van der Waals surface area contributed by atoms with Crippen LogP contribution in [0.15, 0.2) is 4.42 Å². The van der Waals surface area contributed by atoms with Crippen LogP contribution < -0.4 is 5.32 Å². The van der Waals surface area contributed by atoms with Gasteiger partial charge in [0, 0.05) is 6.92 Å². The van der Waals surface area contributed by atoms with Crippen molar-refractivity contribution >= 4 is 11.9 Å². The van der Waals surface area contributed by atoms with Gasteiger partial charge in [-0.25, -0.2) is 4.79 Å². The minimum Gasteiger partial charge on any atom is -0.444 e. The van der Waals surface area contributed by atoms with Gasteiger partial charge in [0.15, 0.2) is 11.7 Å². The molecular formula is C10H13F3N2O3. The standard InChI is InChI=1S/C10H13F3N2O3/c1-5-14-7(6(17-5)10(11,12)13)15-8(16)18-9(2,3)4/h1-4H3,(H,15,16). The minimum absolute atomic E-state index is 0.201. The number of anilines is 1. The van der Waals surface area contributed by atoms with E-state index in [2.05, 4.69) is 9.40 Å². The normalized spacial score (nSPS) is 12.4. The number of nitrogens with zero attached hydrogens (tertiary/aromatic N) is 1. The molecule has 0 radical (unpaired) electrons. The topological polar surface area (TPSA) is 64.4 Å². The van der Waals surface area contributed by atoms with E-state index >= 15 is 0 Å². The van der Waals surface area contributed by atoms with Crippen LogP contribution in [0.25, 0.3) is 0 Å². The van der Waals surface area contributed by atoms with Crippen molar-refractivity contribution in [3.8, 4) is 0 Å². The van der Waals surface area contributed by atoms with Crippen molar-refractivity contribution < 1.29 is 27.1 Å². The number of hydrogen-bond acceptors (Lipinski definition) is 4. The van der Waals surface area contributed by atoms with E-state index in [-0.39, 0.29) is 5.89 Å². The fourth-order valence-electron chi connectivity index (χ4n) is 1.10. The summed E-state index contributed by atoms with van der Waals surface area (Å²) in [6.07, 6.45) is -5.76. The first-order chi connectivity index (χ1) is 7.99. The van der Waals surface area contributed by atoms with Gasteiger partial charge in [0.25, 0.3) is 5.76 Å². The predicted octanol–water partition coefficient (Wildman–Crippen LogP) is 3.35. The molecule has 0 aliphatic carbocycles. The monoisotopic (exact) mass is 266 g/mol. The first-order valence-electron chi connectivity index (χ1n) is 5.03. The van der Waals surface area contributed by atoms with Gasteiger partial charge in [0.05, 0.1) is 0 Å². The zero-order chi connectivity index (χ0) is 14.1. The number of nitrogens with one attached hydrogen (secondary N) is 1. The van der Waals surface area contributed by atoms with Crippen LogP contribution in [0, 0.1) is 6.92 Å². The van der Waals surface area contributed by atoms with E-state index in [9.17, 15) is 18.0 Å². The molecule has 1 amide bonds. The molecule has 1 N–H and O–H groups in total. The predicted molar refractivity (Wildman–Crippen MR) is 56.1 cm³/mol. The van der Waals surface area contributed by atoms with Crippen molar-refractivity contribution in [1.82, 2.24) is 4.98 Å². The number of rotatable bonds is 1. The molecular weight excluding hydrogens is 253 g/mol. The molecule has 1 aromatic rings. The van der Waals surface area contributed by atoms with Crippen LogP contribution in [0.4, 0.5) is 23.8 Å². The Labute approximate surface area is 101 Å². The van der Waals surface area contributed by atoms with Crippen molar-refractivity contribution in [1.29, 1.82) is 0 Å². The average molecular weight is 266 g/mol. The van der Waals surface area contributed by atoms with Crippen LogP contribution in [0.5, 0.6) is 0 Å². The molecule has 1 rings (SSSR count). The average Bonchev–Trinajstić information content (AvgIpc) is 2.41. The lowest BCUT2D eigenvalue weighted by Crippen LogP contribution is -2.28. The lowest BCUT2D eigenvalue weighted by atomic mass is 10.2. The second kappa shape index (κ2) is 4.51. The Hall–Kier alpha value is -1.73. The summed E-state index contributed by atoms with van der Waals surface area (Å²) in [5.41, 5.74) is -0.818. The fraction of sp³-hybridized carbons (Fsp3) is 0.600. The first kappa shape index (κ1) is 14.3. The highest BCUT2D eigenvalue weighted by molar-refractivity contribution is 5.84. The lowest BCUT2D eigenvalue weighted by Gasteiger charge is -2.19. The fourth-order valence-corrected chi connectivity index (χ4v) is 1.10. The first-order valence-corrected chi connectivity index (χ1v) is 5.03. The summed E-state index contributed by atoms with van der Waals surface area (Å²) in [5, 5.41) is 1.91. The van der Waals surface area contributed by atoms with Gasteiger partial charge in [0.1, 0.15) is 5.60 Å². The molecule has 0 fully saturated rings.